The Morgan fingerprint density at radius 2 is 2.07 bits per heavy atom. The van der Waals surface area contributed by atoms with Gasteiger partial charge in [-0.25, -0.2) is 8.42 Å². The molecule has 1 aliphatic heterocycles. The number of halogens is 2. The van der Waals surface area contributed by atoms with Crippen LogP contribution in [0.3, 0.4) is 0 Å². The van der Waals surface area contributed by atoms with Gasteiger partial charge in [0.1, 0.15) is 0 Å². The highest BCUT2D eigenvalue weighted by atomic mass is 32.2. The molecule has 0 saturated carbocycles. The first kappa shape index (κ1) is 12.8. The standard InChI is InChI=1S/C8H15F2NO3S/c9-8(10)15(13,14)11-5-2-1-3-7(11)4-6-12/h7-8,12H,1-6H2. The fraction of sp³-hybridized carbons (Fsp3) is 1.00. The average molecular weight is 243 g/mol. The van der Waals surface area contributed by atoms with Crippen LogP contribution in [-0.2, 0) is 10.0 Å². The first-order chi connectivity index (χ1) is 7.00. The van der Waals surface area contributed by atoms with Crippen LogP contribution in [0.25, 0.3) is 0 Å². The second-order valence-electron chi connectivity index (χ2n) is 3.58. The van der Waals surface area contributed by atoms with Crippen molar-refractivity contribution in [2.75, 3.05) is 13.2 Å². The van der Waals surface area contributed by atoms with Crippen molar-refractivity contribution in [3.05, 3.63) is 0 Å². The quantitative estimate of drug-likeness (QED) is 0.793. The molecule has 1 fully saturated rings. The number of hydrogen-bond acceptors (Lipinski definition) is 3. The highest BCUT2D eigenvalue weighted by molar-refractivity contribution is 7.89. The van der Waals surface area contributed by atoms with Gasteiger partial charge in [0.25, 0.3) is 10.0 Å². The second-order valence-corrected chi connectivity index (χ2v) is 5.43. The van der Waals surface area contributed by atoms with E-state index in [-0.39, 0.29) is 19.6 Å². The smallest absolute Gasteiger partial charge is 0.350 e. The molecule has 0 aliphatic carbocycles. The van der Waals surface area contributed by atoms with Gasteiger partial charge in [-0.3, -0.25) is 0 Å². The lowest BCUT2D eigenvalue weighted by Crippen LogP contribution is -2.46. The largest absolute Gasteiger partial charge is 0.396 e. The van der Waals surface area contributed by atoms with Gasteiger partial charge < -0.3 is 5.11 Å². The van der Waals surface area contributed by atoms with Gasteiger partial charge in [-0.05, 0) is 19.3 Å². The molecule has 1 aliphatic rings. The van der Waals surface area contributed by atoms with Crippen molar-refractivity contribution in [1.82, 2.24) is 4.31 Å². The van der Waals surface area contributed by atoms with E-state index < -0.39 is 21.8 Å². The molecule has 1 unspecified atom stereocenters. The monoisotopic (exact) mass is 243 g/mol. The number of nitrogens with zero attached hydrogens (tertiary/aromatic N) is 1. The van der Waals surface area contributed by atoms with E-state index in [0.29, 0.717) is 12.8 Å². The molecule has 0 aromatic heterocycles. The fourth-order valence-corrected chi connectivity index (χ4v) is 3.06. The number of aliphatic hydroxyl groups is 1. The van der Waals surface area contributed by atoms with E-state index in [1.807, 2.05) is 0 Å². The summed E-state index contributed by atoms with van der Waals surface area (Å²) in [4.78, 5) is 0. The highest BCUT2D eigenvalue weighted by Crippen LogP contribution is 2.25. The zero-order valence-electron chi connectivity index (χ0n) is 8.27. The molecule has 15 heavy (non-hydrogen) atoms. The van der Waals surface area contributed by atoms with E-state index in [1.165, 1.54) is 0 Å². The Bertz CT molecular complexity index is 292. The molecule has 90 valence electrons. The van der Waals surface area contributed by atoms with Crippen LogP contribution in [0.2, 0.25) is 0 Å². The summed E-state index contributed by atoms with van der Waals surface area (Å²) in [5.41, 5.74) is 0. The molecule has 0 aromatic carbocycles. The predicted octanol–water partition coefficient (Wildman–Crippen LogP) is 0.776. The number of aliphatic hydroxyl groups excluding tert-OH is 1. The summed E-state index contributed by atoms with van der Waals surface area (Å²) in [6.07, 6.45) is 2.20. The molecule has 1 N–H and O–H groups in total. The Balaban J connectivity index is 2.80. The van der Waals surface area contributed by atoms with Gasteiger partial charge in [-0.15, -0.1) is 0 Å². The van der Waals surface area contributed by atoms with Crippen molar-refractivity contribution < 1.29 is 22.3 Å². The molecular weight excluding hydrogens is 228 g/mol. The Morgan fingerprint density at radius 3 is 2.60 bits per heavy atom. The molecule has 1 rings (SSSR count). The van der Waals surface area contributed by atoms with Crippen LogP contribution in [0.15, 0.2) is 0 Å². The summed E-state index contributed by atoms with van der Waals surface area (Å²) >= 11 is 0. The molecule has 0 radical (unpaired) electrons. The van der Waals surface area contributed by atoms with Gasteiger partial charge in [0.15, 0.2) is 0 Å². The molecular formula is C8H15F2NO3S. The minimum absolute atomic E-state index is 0.136. The molecule has 1 atom stereocenters. The minimum Gasteiger partial charge on any atom is -0.396 e. The maximum atomic E-state index is 12.3. The van der Waals surface area contributed by atoms with E-state index in [0.717, 1.165) is 10.7 Å². The number of piperidine rings is 1. The molecule has 0 aromatic rings. The van der Waals surface area contributed by atoms with Gasteiger partial charge >= 0.3 is 5.76 Å². The van der Waals surface area contributed by atoms with Crippen molar-refractivity contribution in [3.8, 4) is 0 Å². The molecule has 0 bridgehead atoms. The fourth-order valence-electron chi connectivity index (χ4n) is 1.85. The Labute approximate surface area is 87.9 Å². The van der Waals surface area contributed by atoms with Crippen LogP contribution >= 0.6 is 0 Å². The van der Waals surface area contributed by atoms with Gasteiger partial charge in [-0.1, -0.05) is 6.42 Å². The number of rotatable bonds is 4. The normalized spacial score (nSPS) is 24.7. The zero-order chi connectivity index (χ0) is 11.5. The molecule has 7 heteroatoms. The first-order valence-corrected chi connectivity index (χ1v) is 6.40. The highest BCUT2D eigenvalue weighted by Gasteiger charge is 2.37. The third-order valence-electron chi connectivity index (χ3n) is 2.59. The van der Waals surface area contributed by atoms with Crippen LogP contribution in [0, 0.1) is 0 Å². The predicted molar refractivity (Wildman–Crippen MR) is 51.0 cm³/mol. The minimum atomic E-state index is -4.48. The lowest BCUT2D eigenvalue weighted by atomic mass is 10.0. The summed E-state index contributed by atoms with van der Waals surface area (Å²) in [7, 11) is -4.48. The summed E-state index contributed by atoms with van der Waals surface area (Å²) in [6.45, 7) is -0.0444. The first-order valence-electron chi connectivity index (χ1n) is 4.90. The van der Waals surface area contributed by atoms with Gasteiger partial charge in [0.05, 0.1) is 0 Å². The van der Waals surface area contributed by atoms with Crippen LogP contribution < -0.4 is 0 Å². The lowest BCUT2D eigenvalue weighted by Gasteiger charge is -2.33. The van der Waals surface area contributed by atoms with Crippen LogP contribution in [0.4, 0.5) is 8.78 Å². The van der Waals surface area contributed by atoms with E-state index in [9.17, 15) is 17.2 Å². The summed E-state index contributed by atoms with van der Waals surface area (Å²) in [5.74, 6) is -3.36. The van der Waals surface area contributed by atoms with Crippen LogP contribution in [-0.4, -0.2) is 42.8 Å². The zero-order valence-corrected chi connectivity index (χ0v) is 9.09. The third kappa shape index (κ3) is 2.85. The Morgan fingerprint density at radius 1 is 1.40 bits per heavy atom. The number of alkyl halides is 2. The maximum Gasteiger partial charge on any atom is 0.350 e. The number of sulfonamides is 1. The lowest BCUT2D eigenvalue weighted by molar-refractivity contribution is 0.168. The molecule has 0 spiro atoms. The average Bonchev–Trinajstić information content (AvgIpc) is 2.18. The van der Waals surface area contributed by atoms with E-state index >= 15 is 0 Å². The van der Waals surface area contributed by atoms with Gasteiger partial charge in [0, 0.05) is 19.2 Å². The van der Waals surface area contributed by atoms with Crippen molar-refractivity contribution in [2.24, 2.45) is 0 Å². The van der Waals surface area contributed by atoms with E-state index in [4.69, 9.17) is 5.11 Å². The SMILES string of the molecule is O=S(=O)(C(F)F)N1CCCCC1CCO. The van der Waals surface area contributed by atoms with Crippen molar-refractivity contribution >= 4 is 10.0 Å². The summed E-state index contributed by atoms with van der Waals surface area (Å²) in [6, 6.07) is -0.470. The maximum absolute atomic E-state index is 12.3. The molecule has 4 nitrogen and oxygen atoms in total. The second kappa shape index (κ2) is 5.18. The van der Waals surface area contributed by atoms with Crippen LogP contribution in [0.1, 0.15) is 25.7 Å². The third-order valence-corrected chi connectivity index (χ3v) is 4.17. The molecule has 0 amide bonds. The van der Waals surface area contributed by atoms with Gasteiger partial charge in [-0.2, -0.15) is 13.1 Å². The topological polar surface area (TPSA) is 57.6 Å². The van der Waals surface area contributed by atoms with Gasteiger partial charge in [0.2, 0.25) is 0 Å². The summed E-state index contributed by atoms with van der Waals surface area (Å²) < 4.78 is 48.0. The Kier molecular flexibility index (Phi) is 4.42. The summed E-state index contributed by atoms with van der Waals surface area (Å²) in [5, 5.41) is 8.73. The molecule has 1 heterocycles. The number of hydrogen-bond donors (Lipinski definition) is 1. The van der Waals surface area contributed by atoms with E-state index in [2.05, 4.69) is 0 Å². The van der Waals surface area contributed by atoms with Crippen LogP contribution in [0.5, 0.6) is 0 Å². The van der Waals surface area contributed by atoms with Crippen molar-refractivity contribution in [2.45, 2.75) is 37.5 Å². The molecule has 1 saturated heterocycles. The van der Waals surface area contributed by atoms with Crippen molar-refractivity contribution in [1.29, 1.82) is 0 Å². The van der Waals surface area contributed by atoms with E-state index in [1.54, 1.807) is 0 Å². The Hall–Kier alpha value is -0.270. The van der Waals surface area contributed by atoms with Crippen molar-refractivity contribution in [3.63, 3.8) is 0 Å².